The third kappa shape index (κ3) is 3.27. The van der Waals surface area contributed by atoms with Gasteiger partial charge in [-0.15, -0.1) is 11.6 Å². The third-order valence-corrected chi connectivity index (χ3v) is 3.05. The van der Waals surface area contributed by atoms with Crippen LogP contribution in [0.5, 0.6) is 11.5 Å². The number of nitrogens with one attached hydrogen (secondary N) is 1. The van der Waals surface area contributed by atoms with Crippen LogP contribution >= 0.6 is 11.6 Å². The molecule has 0 aliphatic heterocycles. The highest BCUT2D eigenvalue weighted by atomic mass is 35.5. The molecule has 0 fully saturated rings. The van der Waals surface area contributed by atoms with Gasteiger partial charge >= 0.3 is 0 Å². The van der Waals surface area contributed by atoms with Gasteiger partial charge in [-0.1, -0.05) is 0 Å². The van der Waals surface area contributed by atoms with Crippen LogP contribution in [0.15, 0.2) is 18.2 Å². The van der Waals surface area contributed by atoms with E-state index in [9.17, 15) is 9.90 Å². The Morgan fingerprint density at radius 1 is 1.53 bits per heavy atom. The maximum absolute atomic E-state index is 11.8. The Balaban J connectivity index is 2.83. The van der Waals surface area contributed by atoms with Crippen molar-refractivity contribution < 1.29 is 14.6 Å². The smallest absolute Gasteiger partial charge is 0.231 e. The second-order valence-electron chi connectivity index (χ2n) is 4.36. The van der Waals surface area contributed by atoms with Crippen molar-refractivity contribution in [2.45, 2.75) is 13.8 Å². The average Bonchev–Trinajstić information content (AvgIpc) is 2.29. The highest BCUT2D eigenvalue weighted by Crippen LogP contribution is 2.29. The molecule has 0 radical (unpaired) electrons. The van der Waals surface area contributed by atoms with Gasteiger partial charge in [-0.25, -0.2) is 0 Å². The topological polar surface area (TPSA) is 58.6 Å². The number of halogens is 1. The van der Waals surface area contributed by atoms with Crippen LogP contribution in [-0.2, 0) is 4.79 Å². The molecule has 2 N–H and O–H groups in total. The summed E-state index contributed by atoms with van der Waals surface area (Å²) < 4.78 is 4.91. The molecule has 5 heteroatoms. The highest BCUT2D eigenvalue weighted by Gasteiger charge is 2.26. The second kappa shape index (κ2) is 5.27. The molecule has 1 aromatic carbocycles. The van der Waals surface area contributed by atoms with Gasteiger partial charge in [-0.05, 0) is 26.0 Å². The number of anilines is 1. The van der Waals surface area contributed by atoms with Crippen LogP contribution in [0.4, 0.5) is 5.69 Å². The molecule has 0 atom stereocenters. The number of aromatic hydroxyl groups is 1. The number of benzene rings is 1. The summed E-state index contributed by atoms with van der Waals surface area (Å²) in [6.07, 6.45) is 0. The van der Waals surface area contributed by atoms with Crippen LogP contribution in [-0.4, -0.2) is 24.0 Å². The maximum Gasteiger partial charge on any atom is 0.231 e. The van der Waals surface area contributed by atoms with Crippen molar-refractivity contribution in [3.8, 4) is 11.5 Å². The van der Waals surface area contributed by atoms with Crippen molar-refractivity contribution in [3.05, 3.63) is 18.2 Å². The summed E-state index contributed by atoms with van der Waals surface area (Å²) in [7, 11) is 1.46. The normalized spacial score (nSPS) is 11.1. The SMILES string of the molecule is COc1ccc(NC(=O)C(C)(C)CCl)cc1O. The van der Waals surface area contributed by atoms with E-state index in [-0.39, 0.29) is 17.5 Å². The Morgan fingerprint density at radius 2 is 2.18 bits per heavy atom. The van der Waals surface area contributed by atoms with E-state index in [0.717, 1.165) is 0 Å². The summed E-state index contributed by atoms with van der Waals surface area (Å²) in [6.45, 7) is 3.50. The number of carbonyl (C=O) groups excluding carboxylic acids is 1. The van der Waals surface area contributed by atoms with Gasteiger partial charge in [0, 0.05) is 17.6 Å². The monoisotopic (exact) mass is 257 g/mol. The fraction of sp³-hybridized carbons (Fsp3) is 0.417. The second-order valence-corrected chi connectivity index (χ2v) is 4.63. The van der Waals surface area contributed by atoms with E-state index in [1.165, 1.54) is 13.2 Å². The molecule has 0 unspecified atom stereocenters. The average molecular weight is 258 g/mol. The number of ether oxygens (including phenoxy) is 1. The van der Waals surface area contributed by atoms with Gasteiger partial charge in [0.2, 0.25) is 5.91 Å². The van der Waals surface area contributed by atoms with Crippen LogP contribution in [0.2, 0.25) is 0 Å². The summed E-state index contributed by atoms with van der Waals surface area (Å²) in [5.74, 6) is 0.367. The van der Waals surface area contributed by atoms with Gasteiger partial charge < -0.3 is 15.2 Å². The number of phenols is 1. The first kappa shape index (κ1) is 13.6. The van der Waals surface area contributed by atoms with E-state index in [1.807, 2.05) is 0 Å². The number of amides is 1. The predicted octanol–water partition coefficient (Wildman–Crippen LogP) is 2.60. The lowest BCUT2D eigenvalue weighted by molar-refractivity contribution is -0.122. The largest absolute Gasteiger partial charge is 0.504 e. The highest BCUT2D eigenvalue weighted by molar-refractivity contribution is 6.20. The van der Waals surface area contributed by atoms with Crippen LogP contribution in [0.25, 0.3) is 0 Å². The quantitative estimate of drug-likeness (QED) is 0.815. The fourth-order valence-corrected chi connectivity index (χ4v) is 1.25. The van der Waals surface area contributed by atoms with Gasteiger partial charge in [0.1, 0.15) is 0 Å². The van der Waals surface area contributed by atoms with Crippen molar-refractivity contribution in [1.29, 1.82) is 0 Å². The van der Waals surface area contributed by atoms with E-state index >= 15 is 0 Å². The lowest BCUT2D eigenvalue weighted by Gasteiger charge is -2.20. The number of carbonyl (C=O) groups is 1. The van der Waals surface area contributed by atoms with Gasteiger partial charge in [-0.3, -0.25) is 4.79 Å². The summed E-state index contributed by atoms with van der Waals surface area (Å²) >= 11 is 5.70. The van der Waals surface area contributed by atoms with Gasteiger partial charge in [0.05, 0.1) is 12.5 Å². The minimum atomic E-state index is -0.656. The first-order valence-electron chi connectivity index (χ1n) is 5.15. The Morgan fingerprint density at radius 3 is 2.65 bits per heavy atom. The maximum atomic E-state index is 11.8. The number of phenolic OH excluding ortho intramolecular Hbond substituents is 1. The summed E-state index contributed by atoms with van der Waals surface area (Å²) in [5.41, 5.74) is -0.150. The molecule has 94 valence electrons. The number of alkyl halides is 1. The molecular formula is C12H16ClNO3. The number of hydrogen-bond donors (Lipinski definition) is 2. The Labute approximate surface area is 106 Å². The van der Waals surface area contributed by atoms with Crippen molar-refractivity contribution >= 4 is 23.2 Å². The molecule has 0 aliphatic rings. The number of rotatable bonds is 4. The summed E-state index contributed by atoms with van der Waals surface area (Å²) in [4.78, 5) is 11.8. The summed E-state index contributed by atoms with van der Waals surface area (Å²) in [5, 5.41) is 12.2. The Bertz CT molecular complexity index is 418. The molecule has 0 bridgehead atoms. The predicted molar refractivity (Wildman–Crippen MR) is 67.8 cm³/mol. The Hall–Kier alpha value is -1.42. The third-order valence-electron chi connectivity index (χ3n) is 2.39. The van der Waals surface area contributed by atoms with Crippen LogP contribution < -0.4 is 10.1 Å². The molecular weight excluding hydrogens is 242 g/mol. The van der Waals surface area contributed by atoms with Gasteiger partial charge in [-0.2, -0.15) is 0 Å². The van der Waals surface area contributed by atoms with E-state index in [4.69, 9.17) is 16.3 Å². The number of methoxy groups -OCH3 is 1. The minimum absolute atomic E-state index is 0.0195. The molecule has 0 aliphatic carbocycles. The van der Waals surface area contributed by atoms with Crippen LogP contribution in [0, 0.1) is 5.41 Å². The zero-order chi connectivity index (χ0) is 13.1. The van der Waals surface area contributed by atoms with Gasteiger partial charge in [0.25, 0.3) is 0 Å². The molecule has 17 heavy (non-hydrogen) atoms. The zero-order valence-electron chi connectivity index (χ0n) is 10.1. The minimum Gasteiger partial charge on any atom is -0.504 e. The van der Waals surface area contributed by atoms with E-state index in [1.54, 1.807) is 26.0 Å². The van der Waals surface area contributed by atoms with Crippen LogP contribution in [0.1, 0.15) is 13.8 Å². The van der Waals surface area contributed by atoms with Crippen molar-refractivity contribution in [3.63, 3.8) is 0 Å². The first-order chi connectivity index (χ1) is 7.90. The van der Waals surface area contributed by atoms with Gasteiger partial charge in [0.15, 0.2) is 11.5 Å². The number of hydrogen-bond acceptors (Lipinski definition) is 3. The van der Waals surface area contributed by atoms with Crippen LogP contribution in [0.3, 0.4) is 0 Å². The van der Waals surface area contributed by atoms with E-state index < -0.39 is 5.41 Å². The zero-order valence-corrected chi connectivity index (χ0v) is 10.8. The van der Waals surface area contributed by atoms with Crippen molar-refractivity contribution in [2.24, 2.45) is 5.41 Å². The molecule has 1 aromatic rings. The lowest BCUT2D eigenvalue weighted by Crippen LogP contribution is -2.32. The van der Waals surface area contributed by atoms with E-state index in [2.05, 4.69) is 5.32 Å². The molecule has 4 nitrogen and oxygen atoms in total. The Kier molecular flexibility index (Phi) is 4.23. The fourth-order valence-electron chi connectivity index (χ4n) is 1.13. The van der Waals surface area contributed by atoms with Crippen molar-refractivity contribution in [1.82, 2.24) is 0 Å². The van der Waals surface area contributed by atoms with E-state index in [0.29, 0.717) is 11.4 Å². The molecule has 0 saturated heterocycles. The molecule has 0 spiro atoms. The van der Waals surface area contributed by atoms with Crippen molar-refractivity contribution in [2.75, 3.05) is 18.3 Å². The molecule has 0 aromatic heterocycles. The molecule has 0 saturated carbocycles. The molecule has 1 amide bonds. The molecule has 1 rings (SSSR count). The molecule has 0 heterocycles. The standard InChI is InChI=1S/C12H16ClNO3/c1-12(2,7-13)11(16)14-8-4-5-10(17-3)9(15)6-8/h4-6,15H,7H2,1-3H3,(H,14,16). The first-order valence-corrected chi connectivity index (χ1v) is 5.68. The summed E-state index contributed by atoms with van der Waals surface area (Å²) in [6, 6.07) is 4.67. The lowest BCUT2D eigenvalue weighted by atomic mass is 9.95.